The number of hydrogen-bond acceptors (Lipinski definition) is 4. The Hall–Kier alpha value is -3.03. The lowest BCUT2D eigenvalue weighted by Gasteiger charge is -2.10. The fourth-order valence-corrected chi connectivity index (χ4v) is 3.87. The Morgan fingerprint density at radius 2 is 1.70 bits per heavy atom. The minimum Gasteiger partial charge on any atom is -0.471 e. The SMILES string of the molecule is O=C(Nc1ccccc1Sc1ccccc1)c1ccn(COc2ccc(Br)cc2)n1. The quantitative estimate of drug-likeness (QED) is 0.348. The molecule has 4 rings (SSSR count). The molecule has 0 atom stereocenters. The van der Waals surface area contributed by atoms with Crippen molar-refractivity contribution >= 4 is 39.3 Å². The molecule has 0 bridgehead atoms. The van der Waals surface area contributed by atoms with Crippen LogP contribution in [0, 0.1) is 0 Å². The number of para-hydroxylation sites is 1. The van der Waals surface area contributed by atoms with Crippen LogP contribution in [0.15, 0.2) is 105 Å². The molecule has 4 aromatic rings. The first-order chi connectivity index (χ1) is 14.7. The second-order valence-electron chi connectivity index (χ2n) is 6.33. The van der Waals surface area contributed by atoms with Crippen LogP contribution in [-0.2, 0) is 6.73 Å². The van der Waals surface area contributed by atoms with E-state index in [0.29, 0.717) is 5.69 Å². The van der Waals surface area contributed by atoms with Gasteiger partial charge in [-0.1, -0.05) is 58.0 Å². The molecule has 0 saturated heterocycles. The minimum absolute atomic E-state index is 0.218. The smallest absolute Gasteiger partial charge is 0.276 e. The Bertz CT molecular complexity index is 1130. The topological polar surface area (TPSA) is 56.2 Å². The maximum absolute atomic E-state index is 12.7. The molecule has 0 aliphatic carbocycles. The molecule has 1 N–H and O–H groups in total. The van der Waals surface area contributed by atoms with Crippen LogP contribution in [0.4, 0.5) is 5.69 Å². The molecule has 0 aliphatic rings. The van der Waals surface area contributed by atoms with Gasteiger partial charge in [0.25, 0.3) is 5.91 Å². The van der Waals surface area contributed by atoms with Gasteiger partial charge in [0.1, 0.15) is 5.75 Å². The standard InChI is InChI=1S/C23H18BrN3O2S/c24-17-10-12-18(13-11-17)29-16-27-15-14-21(26-27)23(28)25-20-8-4-5-9-22(20)30-19-6-2-1-3-7-19/h1-15H,16H2,(H,25,28). The van der Waals surface area contributed by atoms with Crippen LogP contribution in [0.25, 0.3) is 0 Å². The number of halogens is 1. The molecule has 7 heteroatoms. The first-order valence-corrected chi connectivity index (χ1v) is 10.8. The van der Waals surface area contributed by atoms with E-state index in [0.717, 1.165) is 25.7 Å². The van der Waals surface area contributed by atoms with Gasteiger partial charge in [0.15, 0.2) is 12.4 Å². The summed E-state index contributed by atoms with van der Waals surface area (Å²) in [7, 11) is 0. The molecule has 0 radical (unpaired) electrons. The predicted octanol–water partition coefficient (Wildman–Crippen LogP) is 6.09. The summed E-state index contributed by atoms with van der Waals surface area (Å²) in [6.07, 6.45) is 1.72. The van der Waals surface area contributed by atoms with Crippen molar-refractivity contribution in [3.8, 4) is 5.75 Å². The number of nitrogens with one attached hydrogen (secondary N) is 1. The van der Waals surface area contributed by atoms with Gasteiger partial charge in [0.2, 0.25) is 0 Å². The third-order valence-electron chi connectivity index (χ3n) is 4.16. The van der Waals surface area contributed by atoms with Crippen LogP contribution in [0.5, 0.6) is 5.75 Å². The number of aromatic nitrogens is 2. The van der Waals surface area contributed by atoms with Crippen LogP contribution >= 0.6 is 27.7 Å². The fraction of sp³-hybridized carbons (Fsp3) is 0.0435. The highest BCUT2D eigenvalue weighted by Gasteiger charge is 2.13. The molecule has 5 nitrogen and oxygen atoms in total. The Balaban J connectivity index is 1.40. The Labute approximate surface area is 187 Å². The van der Waals surface area contributed by atoms with E-state index >= 15 is 0 Å². The molecule has 0 aliphatic heterocycles. The van der Waals surface area contributed by atoms with Crippen molar-refractivity contribution in [1.29, 1.82) is 0 Å². The molecule has 3 aromatic carbocycles. The minimum atomic E-state index is -0.265. The predicted molar refractivity (Wildman–Crippen MR) is 122 cm³/mol. The van der Waals surface area contributed by atoms with E-state index in [9.17, 15) is 4.79 Å². The molecule has 0 unspecified atom stereocenters. The van der Waals surface area contributed by atoms with E-state index in [4.69, 9.17) is 4.74 Å². The molecule has 1 aromatic heterocycles. The number of benzene rings is 3. The van der Waals surface area contributed by atoms with Gasteiger partial charge in [0.05, 0.1) is 5.69 Å². The normalized spacial score (nSPS) is 10.6. The average Bonchev–Trinajstić information content (AvgIpc) is 3.25. The molecule has 0 saturated carbocycles. The van der Waals surface area contributed by atoms with Crippen molar-refractivity contribution in [1.82, 2.24) is 9.78 Å². The molecule has 0 fully saturated rings. The van der Waals surface area contributed by atoms with E-state index in [1.54, 1.807) is 28.7 Å². The maximum Gasteiger partial charge on any atom is 0.276 e. The van der Waals surface area contributed by atoms with Crippen molar-refractivity contribution in [2.45, 2.75) is 16.5 Å². The first kappa shape index (κ1) is 20.3. The van der Waals surface area contributed by atoms with Crippen molar-refractivity contribution in [3.05, 3.63) is 101 Å². The zero-order valence-electron chi connectivity index (χ0n) is 15.9. The number of carbonyl (C=O) groups is 1. The zero-order chi connectivity index (χ0) is 20.8. The molecule has 1 amide bonds. The summed E-state index contributed by atoms with van der Waals surface area (Å²) in [6, 6.07) is 27.0. The lowest BCUT2D eigenvalue weighted by molar-refractivity contribution is 0.102. The zero-order valence-corrected chi connectivity index (χ0v) is 18.3. The average molecular weight is 480 g/mol. The number of carbonyl (C=O) groups excluding carboxylic acids is 1. The molecule has 0 spiro atoms. The lowest BCUT2D eigenvalue weighted by atomic mass is 10.3. The number of amides is 1. The summed E-state index contributed by atoms with van der Waals surface area (Å²) in [6.45, 7) is 0.218. The number of nitrogens with zero attached hydrogens (tertiary/aromatic N) is 2. The van der Waals surface area contributed by atoms with Gasteiger partial charge in [0, 0.05) is 20.5 Å². The third kappa shape index (κ3) is 5.31. The monoisotopic (exact) mass is 479 g/mol. The fourth-order valence-electron chi connectivity index (χ4n) is 2.69. The number of hydrogen-bond donors (Lipinski definition) is 1. The van der Waals surface area contributed by atoms with Crippen molar-refractivity contribution in [2.75, 3.05) is 5.32 Å². The Morgan fingerprint density at radius 3 is 2.50 bits per heavy atom. The first-order valence-electron chi connectivity index (χ1n) is 9.22. The highest BCUT2D eigenvalue weighted by atomic mass is 79.9. The lowest BCUT2D eigenvalue weighted by Crippen LogP contribution is -2.14. The van der Waals surface area contributed by atoms with E-state index in [1.165, 1.54) is 0 Å². The van der Waals surface area contributed by atoms with Gasteiger partial charge in [-0.3, -0.25) is 4.79 Å². The van der Waals surface area contributed by atoms with Gasteiger partial charge in [-0.05, 0) is 54.6 Å². The summed E-state index contributed by atoms with van der Waals surface area (Å²) in [5.41, 5.74) is 1.07. The molecule has 150 valence electrons. The van der Waals surface area contributed by atoms with Crippen molar-refractivity contribution in [3.63, 3.8) is 0 Å². The Morgan fingerprint density at radius 1 is 0.967 bits per heavy atom. The van der Waals surface area contributed by atoms with E-state index < -0.39 is 0 Å². The molecular formula is C23H18BrN3O2S. The van der Waals surface area contributed by atoms with Crippen LogP contribution in [0.2, 0.25) is 0 Å². The summed E-state index contributed by atoms with van der Waals surface area (Å²) in [5.74, 6) is 0.463. The number of rotatable bonds is 7. The molecule has 1 heterocycles. The summed E-state index contributed by atoms with van der Waals surface area (Å²) >= 11 is 4.99. The summed E-state index contributed by atoms with van der Waals surface area (Å²) in [5, 5.41) is 7.27. The highest BCUT2D eigenvalue weighted by molar-refractivity contribution is 9.10. The summed E-state index contributed by atoms with van der Waals surface area (Å²) < 4.78 is 8.26. The molecule has 30 heavy (non-hydrogen) atoms. The second-order valence-corrected chi connectivity index (χ2v) is 8.36. The van der Waals surface area contributed by atoms with Gasteiger partial charge in [-0.25, -0.2) is 4.68 Å². The summed E-state index contributed by atoms with van der Waals surface area (Å²) in [4.78, 5) is 14.8. The number of anilines is 1. The van der Waals surface area contributed by atoms with Crippen LogP contribution in [0.3, 0.4) is 0 Å². The van der Waals surface area contributed by atoms with E-state index in [2.05, 4.69) is 26.3 Å². The number of ether oxygens (including phenoxy) is 1. The van der Waals surface area contributed by atoms with Crippen molar-refractivity contribution < 1.29 is 9.53 Å². The molecular weight excluding hydrogens is 462 g/mol. The van der Waals surface area contributed by atoms with Gasteiger partial charge >= 0.3 is 0 Å². The Kier molecular flexibility index (Phi) is 6.51. The van der Waals surface area contributed by atoms with Crippen molar-refractivity contribution in [2.24, 2.45) is 0 Å². The maximum atomic E-state index is 12.7. The second kappa shape index (κ2) is 9.65. The van der Waals surface area contributed by atoms with Gasteiger partial charge in [-0.15, -0.1) is 0 Å². The van der Waals surface area contributed by atoms with Gasteiger partial charge in [-0.2, -0.15) is 5.10 Å². The van der Waals surface area contributed by atoms with Crippen LogP contribution < -0.4 is 10.1 Å². The van der Waals surface area contributed by atoms with E-state index in [1.807, 2.05) is 78.9 Å². The van der Waals surface area contributed by atoms with Crippen LogP contribution in [0.1, 0.15) is 10.5 Å². The van der Waals surface area contributed by atoms with Gasteiger partial charge < -0.3 is 10.1 Å². The van der Waals surface area contributed by atoms with E-state index in [-0.39, 0.29) is 12.6 Å². The largest absolute Gasteiger partial charge is 0.471 e. The third-order valence-corrected chi connectivity index (χ3v) is 5.77. The van der Waals surface area contributed by atoms with Crippen LogP contribution in [-0.4, -0.2) is 15.7 Å². The highest BCUT2D eigenvalue weighted by Crippen LogP contribution is 2.33.